The number of carbonyl (C=O) groups excluding carboxylic acids is 1. The number of anilines is 1. The highest BCUT2D eigenvalue weighted by Crippen LogP contribution is 2.26. The van der Waals surface area contributed by atoms with Crippen LogP contribution in [0.1, 0.15) is 60.4 Å². The summed E-state index contributed by atoms with van der Waals surface area (Å²) in [6.07, 6.45) is -1.10. The van der Waals surface area contributed by atoms with Crippen LogP contribution in [-0.4, -0.2) is 37.3 Å². The summed E-state index contributed by atoms with van der Waals surface area (Å²) in [4.78, 5) is 23.2. The van der Waals surface area contributed by atoms with Crippen LogP contribution >= 0.6 is 0 Å². The minimum atomic E-state index is -2.75. The summed E-state index contributed by atoms with van der Waals surface area (Å²) in [6.45, 7) is 0. The lowest BCUT2D eigenvalue weighted by Crippen LogP contribution is -2.40. The predicted octanol–water partition coefficient (Wildman–Crippen LogP) is 5.24. The molecule has 0 aliphatic heterocycles. The van der Waals surface area contributed by atoms with Crippen molar-refractivity contribution in [2.45, 2.75) is 50.6 Å². The van der Waals surface area contributed by atoms with Crippen LogP contribution in [-0.2, 0) is 0 Å². The van der Waals surface area contributed by atoms with E-state index in [1.54, 1.807) is 34.7 Å². The fourth-order valence-electron chi connectivity index (χ4n) is 4.44. The smallest absolute Gasteiger partial charge is 0.295 e. The van der Waals surface area contributed by atoms with Gasteiger partial charge in [0.25, 0.3) is 18.8 Å². The molecule has 1 amide bonds. The number of benzene rings is 1. The Morgan fingerprint density at radius 2 is 1.71 bits per heavy atom. The van der Waals surface area contributed by atoms with Crippen molar-refractivity contribution in [1.29, 1.82) is 0 Å². The first-order chi connectivity index (χ1) is 16.4. The van der Waals surface area contributed by atoms with Crippen molar-refractivity contribution < 1.29 is 22.4 Å². The van der Waals surface area contributed by atoms with Crippen molar-refractivity contribution >= 4 is 28.4 Å². The van der Waals surface area contributed by atoms with Crippen molar-refractivity contribution in [2.24, 2.45) is 0 Å². The van der Waals surface area contributed by atoms with E-state index < -0.39 is 18.7 Å². The number of carbonyl (C=O) groups is 1. The van der Waals surface area contributed by atoms with Gasteiger partial charge in [-0.05, 0) is 49.9 Å². The highest BCUT2D eigenvalue weighted by atomic mass is 19.3. The van der Waals surface area contributed by atoms with Gasteiger partial charge >= 0.3 is 0 Å². The normalized spacial score (nSPS) is 18.8. The molecule has 1 saturated carbocycles. The Morgan fingerprint density at radius 3 is 2.44 bits per heavy atom. The fraction of sp³-hybridized carbons (Fsp3) is 0.348. The number of aromatic nitrogens is 4. The Morgan fingerprint density at radius 1 is 0.971 bits per heavy atom. The SMILES string of the molecule is O=C(NC1CCC(Nc2cccc3nc(C(F)F)cn23)CC1)c1cccc2[nH]c(C(F)F)nc12. The molecular formula is C23H22F4N6O. The molecule has 5 rings (SSSR count). The lowest BCUT2D eigenvalue weighted by atomic mass is 9.91. The van der Waals surface area contributed by atoms with Crippen LogP contribution in [0.2, 0.25) is 0 Å². The Labute approximate surface area is 191 Å². The second-order valence-corrected chi connectivity index (χ2v) is 8.40. The number of hydrogen-bond donors (Lipinski definition) is 3. The minimum absolute atomic E-state index is 0.0659. The number of imidazole rings is 2. The van der Waals surface area contributed by atoms with Crippen molar-refractivity contribution in [3.05, 3.63) is 59.7 Å². The minimum Gasteiger partial charge on any atom is -0.368 e. The Balaban J connectivity index is 1.22. The molecule has 0 spiro atoms. The Bertz CT molecular complexity index is 1330. The first kappa shape index (κ1) is 22.2. The number of hydrogen-bond acceptors (Lipinski definition) is 4. The summed E-state index contributed by atoms with van der Waals surface area (Å²) in [5.74, 6) is -0.128. The maximum absolute atomic E-state index is 13.0. The number of nitrogens with one attached hydrogen (secondary N) is 3. The summed E-state index contributed by atoms with van der Waals surface area (Å²) in [7, 11) is 0. The van der Waals surface area contributed by atoms with Gasteiger partial charge < -0.3 is 15.6 Å². The molecule has 11 heteroatoms. The molecular weight excluding hydrogens is 452 g/mol. The molecule has 1 aromatic carbocycles. The van der Waals surface area contributed by atoms with Crippen LogP contribution in [0.5, 0.6) is 0 Å². The number of pyridine rings is 1. The van der Waals surface area contributed by atoms with Gasteiger partial charge in [0.15, 0.2) is 5.82 Å². The average Bonchev–Trinajstić information content (AvgIpc) is 3.45. The van der Waals surface area contributed by atoms with Gasteiger partial charge in [-0.15, -0.1) is 0 Å². The third-order valence-corrected chi connectivity index (χ3v) is 6.13. The van der Waals surface area contributed by atoms with Crippen molar-refractivity contribution in [2.75, 3.05) is 5.32 Å². The molecule has 4 aromatic rings. The number of H-pyrrole nitrogens is 1. The summed E-state index contributed by atoms with van der Waals surface area (Å²) in [5.41, 5.74) is 1.04. The topological polar surface area (TPSA) is 87.1 Å². The standard InChI is InChI=1S/C23H22F4N6O/c24-20(25)16-11-33-17(5-2-6-18(33)30-16)28-12-7-9-13(10-8-12)29-23(34)14-3-1-4-15-19(14)32-22(31-15)21(26)27/h1-6,11-13,20-21,28H,7-10H2,(H,29,34)(H,31,32). The summed E-state index contributed by atoms with van der Waals surface area (Å²) >= 11 is 0. The van der Waals surface area contributed by atoms with E-state index in [0.29, 0.717) is 29.8 Å². The second kappa shape index (κ2) is 8.96. The molecule has 1 aliphatic carbocycles. The van der Waals surface area contributed by atoms with Crippen LogP contribution in [0.4, 0.5) is 23.4 Å². The van der Waals surface area contributed by atoms with Gasteiger partial charge in [-0.1, -0.05) is 12.1 Å². The Kier molecular flexibility index (Phi) is 5.84. The van der Waals surface area contributed by atoms with E-state index in [-0.39, 0.29) is 34.8 Å². The number of rotatable bonds is 6. The van der Waals surface area contributed by atoms with E-state index in [1.165, 1.54) is 6.20 Å². The predicted molar refractivity (Wildman–Crippen MR) is 118 cm³/mol. The van der Waals surface area contributed by atoms with E-state index in [4.69, 9.17) is 0 Å². The van der Waals surface area contributed by atoms with Gasteiger partial charge in [-0.25, -0.2) is 27.5 Å². The molecule has 0 radical (unpaired) electrons. The van der Waals surface area contributed by atoms with E-state index in [9.17, 15) is 22.4 Å². The van der Waals surface area contributed by atoms with Gasteiger partial charge in [0, 0.05) is 18.3 Å². The highest BCUT2D eigenvalue weighted by Gasteiger charge is 2.25. The van der Waals surface area contributed by atoms with Crippen LogP contribution in [0.3, 0.4) is 0 Å². The summed E-state index contributed by atoms with van der Waals surface area (Å²) in [5, 5.41) is 6.39. The molecule has 3 heterocycles. The average molecular weight is 474 g/mol. The number of fused-ring (bicyclic) bond motifs is 2. The second-order valence-electron chi connectivity index (χ2n) is 8.40. The van der Waals surface area contributed by atoms with Gasteiger partial charge in [-0.2, -0.15) is 0 Å². The molecule has 1 aliphatic rings. The molecule has 7 nitrogen and oxygen atoms in total. The maximum atomic E-state index is 13.0. The zero-order chi connectivity index (χ0) is 23.8. The number of nitrogens with zero attached hydrogens (tertiary/aromatic N) is 3. The lowest BCUT2D eigenvalue weighted by molar-refractivity contribution is 0.0927. The molecule has 0 atom stereocenters. The van der Waals surface area contributed by atoms with Crippen LogP contribution in [0.25, 0.3) is 16.7 Å². The van der Waals surface area contributed by atoms with Gasteiger partial charge in [0.1, 0.15) is 22.7 Å². The maximum Gasteiger partial charge on any atom is 0.295 e. The summed E-state index contributed by atoms with van der Waals surface area (Å²) in [6, 6.07) is 10.1. The lowest BCUT2D eigenvalue weighted by Gasteiger charge is -2.30. The van der Waals surface area contributed by atoms with Crippen LogP contribution in [0.15, 0.2) is 42.6 Å². The highest BCUT2D eigenvalue weighted by molar-refractivity contribution is 6.05. The molecule has 1 fully saturated rings. The summed E-state index contributed by atoms with van der Waals surface area (Å²) < 4.78 is 53.6. The van der Waals surface area contributed by atoms with E-state index in [1.807, 2.05) is 6.07 Å². The molecule has 3 aromatic heterocycles. The van der Waals surface area contributed by atoms with Crippen molar-refractivity contribution in [3.63, 3.8) is 0 Å². The molecule has 3 N–H and O–H groups in total. The van der Waals surface area contributed by atoms with Gasteiger partial charge in [0.2, 0.25) is 0 Å². The van der Waals surface area contributed by atoms with Gasteiger partial charge in [-0.3, -0.25) is 9.20 Å². The molecule has 0 saturated heterocycles. The van der Waals surface area contributed by atoms with E-state index in [0.717, 1.165) is 12.8 Å². The zero-order valence-electron chi connectivity index (χ0n) is 17.9. The molecule has 0 unspecified atom stereocenters. The fourth-order valence-corrected chi connectivity index (χ4v) is 4.44. The van der Waals surface area contributed by atoms with Gasteiger partial charge in [0.05, 0.1) is 11.1 Å². The number of halogens is 4. The first-order valence-corrected chi connectivity index (χ1v) is 11.0. The Hall–Kier alpha value is -3.63. The number of aromatic amines is 1. The molecule has 0 bridgehead atoms. The van der Waals surface area contributed by atoms with Crippen molar-refractivity contribution in [3.8, 4) is 0 Å². The monoisotopic (exact) mass is 474 g/mol. The number of alkyl halides is 4. The quantitative estimate of drug-likeness (QED) is 0.334. The number of amides is 1. The van der Waals surface area contributed by atoms with E-state index in [2.05, 4.69) is 25.6 Å². The van der Waals surface area contributed by atoms with Crippen molar-refractivity contribution in [1.82, 2.24) is 24.7 Å². The third-order valence-electron chi connectivity index (χ3n) is 6.13. The van der Waals surface area contributed by atoms with E-state index >= 15 is 0 Å². The van der Waals surface area contributed by atoms with Crippen LogP contribution < -0.4 is 10.6 Å². The largest absolute Gasteiger partial charge is 0.368 e. The molecule has 34 heavy (non-hydrogen) atoms. The first-order valence-electron chi connectivity index (χ1n) is 11.0. The zero-order valence-corrected chi connectivity index (χ0v) is 17.9. The molecule has 178 valence electrons. The van der Waals surface area contributed by atoms with Crippen LogP contribution in [0, 0.1) is 0 Å². The number of para-hydroxylation sites is 1. The third kappa shape index (κ3) is 4.29.